The number of nitrogens with two attached hydrogens (primary N) is 2. The summed E-state index contributed by atoms with van der Waals surface area (Å²) in [5, 5.41) is 0. The van der Waals surface area contributed by atoms with E-state index < -0.39 is 11.8 Å². The summed E-state index contributed by atoms with van der Waals surface area (Å²) in [6.07, 6.45) is 0. The van der Waals surface area contributed by atoms with Crippen molar-refractivity contribution in [2.24, 2.45) is 11.5 Å². The molecule has 0 spiro atoms. The van der Waals surface area contributed by atoms with Crippen molar-refractivity contribution >= 4 is 33.4 Å². The molecule has 0 aliphatic rings. The van der Waals surface area contributed by atoms with Crippen LogP contribution in [0.4, 0.5) is 0 Å². The molecule has 0 fully saturated rings. The van der Waals surface area contributed by atoms with Gasteiger partial charge in [0.1, 0.15) is 11.5 Å². The molecule has 0 aliphatic carbocycles. The van der Waals surface area contributed by atoms with Gasteiger partial charge in [-0.1, -0.05) is 21.6 Å². The lowest BCUT2D eigenvalue weighted by atomic mass is 10.2. The summed E-state index contributed by atoms with van der Waals surface area (Å²) < 4.78 is 10.2. The summed E-state index contributed by atoms with van der Waals surface area (Å²) in [7, 11) is 5.63. The Bertz CT molecular complexity index is 715. The predicted octanol–water partition coefficient (Wildman–Crippen LogP) is 2.70. The van der Waals surface area contributed by atoms with E-state index in [0.29, 0.717) is 32.4 Å². The molecule has 0 bridgehead atoms. The predicted molar refractivity (Wildman–Crippen MR) is 94.7 cm³/mol. The van der Waals surface area contributed by atoms with Crippen molar-refractivity contribution in [3.05, 3.63) is 47.5 Å². The Labute approximate surface area is 147 Å². The molecule has 8 heteroatoms. The monoisotopic (exact) mass is 364 g/mol. The summed E-state index contributed by atoms with van der Waals surface area (Å²) >= 11 is 0. The van der Waals surface area contributed by atoms with Crippen LogP contribution in [0.15, 0.2) is 46.2 Å². The topological polar surface area (TPSA) is 105 Å². The lowest BCUT2D eigenvalue weighted by Gasteiger charge is -2.10. The van der Waals surface area contributed by atoms with E-state index in [1.165, 1.54) is 35.8 Å². The van der Waals surface area contributed by atoms with Crippen LogP contribution in [-0.4, -0.2) is 26.0 Å². The van der Waals surface area contributed by atoms with Crippen LogP contribution >= 0.6 is 21.6 Å². The van der Waals surface area contributed by atoms with Crippen molar-refractivity contribution < 1.29 is 19.1 Å². The Morgan fingerprint density at radius 3 is 1.46 bits per heavy atom. The maximum atomic E-state index is 11.6. The van der Waals surface area contributed by atoms with Gasteiger partial charge in [0.25, 0.3) is 0 Å². The highest BCUT2D eigenvalue weighted by atomic mass is 33.1. The van der Waals surface area contributed by atoms with Crippen LogP contribution in [0, 0.1) is 0 Å². The molecule has 0 saturated heterocycles. The first-order valence-corrected chi connectivity index (χ1v) is 8.91. The number of amides is 2. The number of hydrogen-bond donors (Lipinski definition) is 2. The Balaban J connectivity index is 2.28. The molecule has 2 amide bonds. The van der Waals surface area contributed by atoms with Crippen LogP contribution in [0.5, 0.6) is 11.5 Å². The van der Waals surface area contributed by atoms with Gasteiger partial charge in [-0.2, -0.15) is 0 Å². The zero-order valence-electron chi connectivity index (χ0n) is 13.1. The van der Waals surface area contributed by atoms with E-state index in [0.717, 1.165) is 0 Å². The molecule has 0 heterocycles. The average molecular weight is 364 g/mol. The lowest BCUT2D eigenvalue weighted by molar-refractivity contribution is 0.0989. The van der Waals surface area contributed by atoms with Gasteiger partial charge in [-0.3, -0.25) is 9.59 Å². The summed E-state index contributed by atoms with van der Waals surface area (Å²) in [6.45, 7) is 0. The summed E-state index contributed by atoms with van der Waals surface area (Å²) in [6, 6.07) is 10.1. The average Bonchev–Trinajstić information content (AvgIpc) is 2.59. The van der Waals surface area contributed by atoms with Gasteiger partial charge in [0.05, 0.1) is 25.3 Å². The van der Waals surface area contributed by atoms with E-state index in [9.17, 15) is 9.59 Å². The van der Waals surface area contributed by atoms with Crippen molar-refractivity contribution in [3.63, 3.8) is 0 Å². The Kier molecular flexibility index (Phi) is 5.99. The molecule has 24 heavy (non-hydrogen) atoms. The molecule has 6 nitrogen and oxygen atoms in total. The van der Waals surface area contributed by atoms with E-state index in [1.54, 1.807) is 36.4 Å². The molecule has 2 rings (SSSR count). The zero-order chi connectivity index (χ0) is 17.7. The van der Waals surface area contributed by atoms with E-state index in [2.05, 4.69) is 0 Å². The number of primary amides is 2. The number of benzene rings is 2. The normalized spacial score (nSPS) is 10.2. The fourth-order valence-electron chi connectivity index (χ4n) is 1.89. The molecule has 0 unspecified atom stereocenters. The Morgan fingerprint density at radius 1 is 0.792 bits per heavy atom. The second-order valence-electron chi connectivity index (χ2n) is 4.62. The van der Waals surface area contributed by atoms with Gasteiger partial charge < -0.3 is 20.9 Å². The highest BCUT2D eigenvalue weighted by molar-refractivity contribution is 8.76. The van der Waals surface area contributed by atoms with Crippen LogP contribution < -0.4 is 20.9 Å². The molecule has 0 aliphatic heterocycles. The molecule has 2 aromatic carbocycles. The Morgan fingerprint density at radius 2 is 1.17 bits per heavy atom. The largest absolute Gasteiger partial charge is 0.497 e. The molecule has 0 atom stereocenters. The van der Waals surface area contributed by atoms with Crippen LogP contribution in [0.2, 0.25) is 0 Å². The van der Waals surface area contributed by atoms with Crippen molar-refractivity contribution in [3.8, 4) is 11.5 Å². The third-order valence-corrected chi connectivity index (χ3v) is 5.61. The molecular formula is C16H16N2O4S2. The summed E-state index contributed by atoms with van der Waals surface area (Å²) in [5.74, 6) is -0.0236. The minimum atomic E-state index is -0.554. The van der Waals surface area contributed by atoms with Gasteiger partial charge in [0, 0.05) is 9.79 Å². The first-order chi connectivity index (χ1) is 11.5. The van der Waals surface area contributed by atoms with Gasteiger partial charge >= 0.3 is 0 Å². The lowest BCUT2D eigenvalue weighted by Crippen LogP contribution is -2.12. The molecule has 4 N–H and O–H groups in total. The van der Waals surface area contributed by atoms with Gasteiger partial charge in [-0.15, -0.1) is 0 Å². The van der Waals surface area contributed by atoms with Crippen LogP contribution in [0.1, 0.15) is 20.7 Å². The van der Waals surface area contributed by atoms with Crippen molar-refractivity contribution in [2.45, 2.75) is 9.79 Å². The fourth-order valence-corrected chi connectivity index (χ4v) is 4.23. The maximum absolute atomic E-state index is 11.6. The molecule has 0 aromatic heterocycles. The van der Waals surface area contributed by atoms with Gasteiger partial charge in [0.2, 0.25) is 11.8 Å². The number of methoxy groups -OCH3 is 2. The minimum Gasteiger partial charge on any atom is -0.497 e. The molecule has 2 aromatic rings. The number of carbonyl (C=O) groups is 2. The first kappa shape index (κ1) is 18.0. The first-order valence-electron chi connectivity index (χ1n) is 6.76. The van der Waals surface area contributed by atoms with Crippen LogP contribution in [0.25, 0.3) is 0 Å². The highest BCUT2D eigenvalue weighted by Gasteiger charge is 2.14. The number of rotatable bonds is 7. The maximum Gasteiger partial charge on any atom is 0.250 e. The second-order valence-corrected chi connectivity index (χ2v) is 6.83. The number of ether oxygens (including phenoxy) is 2. The molecule has 0 radical (unpaired) electrons. The van der Waals surface area contributed by atoms with Crippen LogP contribution in [-0.2, 0) is 0 Å². The molecule has 0 saturated carbocycles. The third-order valence-electron chi connectivity index (χ3n) is 3.13. The van der Waals surface area contributed by atoms with E-state index in [1.807, 2.05) is 0 Å². The highest BCUT2D eigenvalue weighted by Crippen LogP contribution is 2.41. The van der Waals surface area contributed by atoms with Gasteiger partial charge in [-0.05, 0) is 36.4 Å². The second kappa shape index (κ2) is 7.98. The number of hydrogen-bond acceptors (Lipinski definition) is 6. The summed E-state index contributed by atoms with van der Waals surface area (Å²) in [4.78, 5) is 24.6. The zero-order valence-corrected chi connectivity index (χ0v) is 14.7. The quantitative estimate of drug-likeness (QED) is 0.732. The van der Waals surface area contributed by atoms with Crippen molar-refractivity contribution in [1.82, 2.24) is 0 Å². The van der Waals surface area contributed by atoms with E-state index in [-0.39, 0.29) is 0 Å². The van der Waals surface area contributed by atoms with E-state index >= 15 is 0 Å². The summed E-state index contributed by atoms with van der Waals surface area (Å²) in [5.41, 5.74) is 11.5. The Hall–Kier alpha value is -2.32. The molecular weight excluding hydrogens is 348 g/mol. The molecule has 126 valence electrons. The standard InChI is InChI=1S/C16H16N2O4S2/c1-21-9-3-5-13(11(7-9)15(17)19)23-24-14-6-4-10(22-2)8-12(14)16(18)20/h3-8H,1-2H3,(H2,17,19)(H2,18,20). The smallest absolute Gasteiger partial charge is 0.250 e. The van der Waals surface area contributed by atoms with Crippen molar-refractivity contribution in [1.29, 1.82) is 0 Å². The number of carbonyl (C=O) groups excluding carboxylic acids is 2. The van der Waals surface area contributed by atoms with E-state index in [4.69, 9.17) is 20.9 Å². The van der Waals surface area contributed by atoms with Gasteiger partial charge in [-0.25, -0.2) is 0 Å². The fraction of sp³-hybridized carbons (Fsp3) is 0.125. The van der Waals surface area contributed by atoms with Gasteiger partial charge in [0.15, 0.2) is 0 Å². The third kappa shape index (κ3) is 4.15. The van der Waals surface area contributed by atoms with Crippen molar-refractivity contribution in [2.75, 3.05) is 14.2 Å². The minimum absolute atomic E-state index is 0.348. The SMILES string of the molecule is COc1ccc(SSc2ccc(OC)cc2C(N)=O)c(C(N)=O)c1. The van der Waals surface area contributed by atoms with Crippen LogP contribution in [0.3, 0.4) is 0 Å².